The van der Waals surface area contributed by atoms with E-state index >= 15 is 0 Å². The standard InChI is InChI=1S/C36H38Cl3N3O6S/c1-24(2)21-40-36(44)32(19-25-8-6-5-7-9-25)41(22-26-10-16-30(38)31(39)18-26)35(43)23-42(28-13-11-27(37)12-14-28)49(45,46)29-15-17-33(47-3)34(20-29)48-4/h5-18,20,24,32H,19,21-23H2,1-4H3,(H,40,44)/t32-/m1/s1. The summed E-state index contributed by atoms with van der Waals surface area (Å²) in [6, 6.07) is 23.5. The molecule has 0 saturated carbocycles. The zero-order valence-corrected chi connectivity index (χ0v) is 30.6. The van der Waals surface area contributed by atoms with E-state index in [1.165, 1.54) is 61.6 Å². The third-order valence-corrected chi connectivity index (χ3v) is 10.4. The van der Waals surface area contributed by atoms with E-state index in [1.54, 1.807) is 18.2 Å². The number of hydrogen-bond acceptors (Lipinski definition) is 6. The highest BCUT2D eigenvalue weighted by molar-refractivity contribution is 7.92. The molecule has 0 fully saturated rings. The van der Waals surface area contributed by atoms with Crippen molar-refractivity contribution in [3.63, 3.8) is 0 Å². The van der Waals surface area contributed by atoms with Crippen LogP contribution in [0.4, 0.5) is 5.69 Å². The molecule has 13 heteroatoms. The van der Waals surface area contributed by atoms with Crippen molar-refractivity contribution in [1.82, 2.24) is 10.2 Å². The highest BCUT2D eigenvalue weighted by atomic mass is 35.5. The molecule has 4 rings (SSSR count). The fraction of sp³-hybridized carbons (Fsp3) is 0.278. The minimum absolute atomic E-state index is 0.0623. The van der Waals surface area contributed by atoms with E-state index in [-0.39, 0.29) is 46.1 Å². The molecule has 0 heterocycles. The van der Waals surface area contributed by atoms with E-state index in [2.05, 4.69) is 5.32 Å². The number of rotatable bonds is 15. The van der Waals surface area contributed by atoms with Crippen molar-refractivity contribution in [2.75, 3.05) is 31.6 Å². The van der Waals surface area contributed by atoms with E-state index < -0.39 is 28.5 Å². The second-order valence-electron chi connectivity index (χ2n) is 11.6. The van der Waals surface area contributed by atoms with Crippen molar-refractivity contribution in [2.24, 2.45) is 5.92 Å². The first kappa shape index (κ1) is 37.9. The SMILES string of the molecule is COc1ccc(S(=O)(=O)N(CC(=O)N(Cc2ccc(Cl)c(Cl)c2)[C@H](Cc2ccccc2)C(=O)NCC(C)C)c2ccc(Cl)cc2)cc1OC. The predicted octanol–water partition coefficient (Wildman–Crippen LogP) is 7.27. The van der Waals surface area contributed by atoms with Crippen LogP contribution in [0.3, 0.4) is 0 Å². The van der Waals surface area contributed by atoms with Crippen LogP contribution in [0.1, 0.15) is 25.0 Å². The maximum atomic E-state index is 14.6. The maximum Gasteiger partial charge on any atom is 0.264 e. The van der Waals surface area contributed by atoms with E-state index in [9.17, 15) is 18.0 Å². The molecule has 1 atom stereocenters. The van der Waals surface area contributed by atoms with Crippen LogP contribution < -0.4 is 19.1 Å². The van der Waals surface area contributed by atoms with Gasteiger partial charge in [-0.15, -0.1) is 0 Å². The van der Waals surface area contributed by atoms with Crippen LogP contribution in [-0.4, -0.2) is 58.5 Å². The van der Waals surface area contributed by atoms with Gasteiger partial charge >= 0.3 is 0 Å². The van der Waals surface area contributed by atoms with Crippen LogP contribution >= 0.6 is 34.8 Å². The molecule has 0 unspecified atom stereocenters. The molecule has 2 amide bonds. The largest absolute Gasteiger partial charge is 0.493 e. The number of methoxy groups -OCH3 is 2. The molecule has 0 aliphatic heterocycles. The number of anilines is 1. The van der Waals surface area contributed by atoms with E-state index in [0.29, 0.717) is 27.9 Å². The summed E-state index contributed by atoms with van der Waals surface area (Å²) in [4.78, 5) is 29.8. The van der Waals surface area contributed by atoms with Crippen molar-refractivity contribution in [2.45, 2.75) is 37.8 Å². The first-order valence-electron chi connectivity index (χ1n) is 15.4. The minimum Gasteiger partial charge on any atom is -0.493 e. The second kappa shape index (κ2) is 17.1. The average Bonchev–Trinajstić information content (AvgIpc) is 3.09. The summed E-state index contributed by atoms with van der Waals surface area (Å²) in [5.74, 6) is -0.346. The summed E-state index contributed by atoms with van der Waals surface area (Å²) in [5, 5.41) is 3.94. The zero-order valence-electron chi connectivity index (χ0n) is 27.5. The highest BCUT2D eigenvalue weighted by Gasteiger charge is 2.35. The second-order valence-corrected chi connectivity index (χ2v) is 14.7. The lowest BCUT2D eigenvalue weighted by Gasteiger charge is -2.34. The highest BCUT2D eigenvalue weighted by Crippen LogP contribution is 2.33. The Morgan fingerprint density at radius 2 is 1.47 bits per heavy atom. The topological polar surface area (TPSA) is 105 Å². The van der Waals surface area contributed by atoms with Crippen molar-refractivity contribution in [1.29, 1.82) is 0 Å². The van der Waals surface area contributed by atoms with Crippen molar-refractivity contribution in [3.8, 4) is 11.5 Å². The molecule has 0 radical (unpaired) electrons. The van der Waals surface area contributed by atoms with Crippen LogP contribution in [0.5, 0.6) is 11.5 Å². The molecule has 0 aliphatic carbocycles. The summed E-state index contributed by atoms with van der Waals surface area (Å²) in [5.41, 5.74) is 1.59. The Labute approximate surface area is 302 Å². The molecule has 49 heavy (non-hydrogen) atoms. The average molecular weight is 747 g/mol. The third-order valence-electron chi connectivity index (χ3n) is 7.63. The van der Waals surface area contributed by atoms with Crippen LogP contribution in [0.25, 0.3) is 0 Å². The number of nitrogens with one attached hydrogen (secondary N) is 1. The lowest BCUT2D eigenvalue weighted by molar-refractivity contribution is -0.140. The van der Waals surface area contributed by atoms with Crippen LogP contribution in [0.15, 0.2) is 95.9 Å². The Kier molecular flexibility index (Phi) is 13.2. The Bertz CT molecular complexity index is 1860. The molecule has 0 aromatic heterocycles. The fourth-order valence-electron chi connectivity index (χ4n) is 5.05. The first-order chi connectivity index (χ1) is 23.3. The van der Waals surface area contributed by atoms with Crippen molar-refractivity contribution in [3.05, 3.63) is 117 Å². The van der Waals surface area contributed by atoms with Gasteiger partial charge in [0.1, 0.15) is 12.6 Å². The van der Waals surface area contributed by atoms with Gasteiger partial charge in [-0.25, -0.2) is 8.42 Å². The predicted molar refractivity (Wildman–Crippen MR) is 194 cm³/mol. The van der Waals surface area contributed by atoms with Gasteiger partial charge in [0.2, 0.25) is 11.8 Å². The number of carbonyl (C=O) groups excluding carboxylic acids is 2. The van der Waals surface area contributed by atoms with Gasteiger partial charge in [0, 0.05) is 30.6 Å². The smallest absolute Gasteiger partial charge is 0.264 e. The molecule has 260 valence electrons. The number of benzene rings is 4. The summed E-state index contributed by atoms with van der Waals surface area (Å²) < 4.78 is 40.4. The molecule has 1 N–H and O–H groups in total. The molecular weight excluding hydrogens is 709 g/mol. The molecule has 0 saturated heterocycles. The Hall–Kier alpha value is -3.96. The van der Waals surface area contributed by atoms with Gasteiger partial charge in [-0.05, 0) is 65.6 Å². The van der Waals surface area contributed by atoms with Crippen LogP contribution in [0, 0.1) is 5.92 Å². The Morgan fingerprint density at radius 3 is 2.08 bits per heavy atom. The lowest BCUT2D eigenvalue weighted by Crippen LogP contribution is -2.53. The molecule has 4 aromatic rings. The molecular formula is C36H38Cl3N3O6S. The van der Waals surface area contributed by atoms with Crippen LogP contribution in [0.2, 0.25) is 15.1 Å². The maximum absolute atomic E-state index is 14.6. The van der Waals surface area contributed by atoms with Gasteiger partial charge in [-0.2, -0.15) is 0 Å². The number of sulfonamides is 1. The normalized spacial score (nSPS) is 11.9. The number of nitrogens with zero attached hydrogens (tertiary/aromatic N) is 2. The van der Waals surface area contributed by atoms with Gasteiger partial charge in [0.25, 0.3) is 10.0 Å². The van der Waals surface area contributed by atoms with Crippen LogP contribution in [-0.2, 0) is 32.6 Å². The minimum atomic E-state index is -4.40. The summed E-state index contributed by atoms with van der Waals surface area (Å²) in [7, 11) is -1.56. The van der Waals surface area contributed by atoms with Crippen molar-refractivity contribution < 1.29 is 27.5 Å². The molecule has 9 nitrogen and oxygen atoms in total. The first-order valence-corrected chi connectivity index (χ1v) is 18.0. The Morgan fingerprint density at radius 1 is 0.796 bits per heavy atom. The number of amides is 2. The summed E-state index contributed by atoms with van der Waals surface area (Å²) >= 11 is 18.7. The van der Waals surface area contributed by atoms with Gasteiger partial charge in [0.05, 0.1) is 34.8 Å². The molecule has 0 aliphatic rings. The van der Waals surface area contributed by atoms with E-state index in [0.717, 1.165) is 9.87 Å². The Balaban J connectivity index is 1.83. The van der Waals surface area contributed by atoms with E-state index in [1.807, 2.05) is 44.2 Å². The number of carbonyl (C=O) groups is 2. The zero-order chi connectivity index (χ0) is 35.7. The lowest BCUT2D eigenvalue weighted by atomic mass is 10.0. The summed E-state index contributed by atoms with van der Waals surface area (Å²) in [6.07, 6.45) is 0.168. The number of ether oxygens (including phenoxy) is 2. The van der Waals surface area contributed by atoms with Crippen molar-refractivity contribution >= 4 is 62.3 Å². The molecule has 4 aromatic carbocycles. The van der Waals surface area contributed by atoms with Gasteiger partial charge < -0.3 is 19.7 Å². The monoisotopic (exact) mass is 745 g/mol. The van der Waals surface area contributed by atoms with E-state index in [4.69, 9.17) is 44.3 Å². The quantitative estimate of drug-likeness (QED) is 0.137. The summed E-state index contributed by atoms with van der Waals surface area (Å²) in [6.45, 7) is 3.60. The van der Waals surface area contributed by atoms with Gasteiger partial charge in [-0.1, -0.05) is 85.0 Å². The molecule has 0 bridgehead atoms. The number of hydrogen-bond donors (Lipinski definition) is 1. The molecule has 0 spiro atoms. The van der Waals surface area contributed by atoms with Gasteiger partial charge in [-0.3, -0.25) is 13.9 Å². The fourth-order valence-corrected chi connectivity index (χ4v) is 6.93. The van der Waals surface area contributed by atoms with Gasteiger partial charge in [0.15, 0.2) is 11.5 Å². The third kappa shape index (κ3) is 9.82. The number of halogens is 3.